The summed E-state index contributed by atoms with van der Waals surface area (Å²) in [4.78, 5) is 0. The Hall–Kier alpha value is 0.411. The Bertz CT molecular complexity index is 434. The van der Waals surface area contributed by atoms with E-state index in [4.69, 9.17) is 26.6 Å². The summed E-state index contributed by atoms with van der Waals surface area (Å²) in [6.07, 6.45) is 1.89. The highest BCUT2D eigenvalue weighted by atomic mass is 28.5. The van der Waals surface area contributed by atoms with Gasteiger partial charge in [0, 0.05) is 0 Å². The summed E-state index contributed by atoms with van der Waals surface area (Å²) in [7, 11) is -8.24. The van der Waals surface area contributed by atoms with E-state index in [2.05, 4.69) is 83.1 Å². The van der Waals surface area contributed by atoms with E-state index < -0.39 is 25.7 Å². The molecule has 0 saturated carbocycles. The molecule has 0 aromatic carbocycles. The van der Waals surface area contributed by atoms with Crippen molar-refractivity contribution in [1.29, 1.82) is 0 Å². The molecule has 6 nitrogen and oxygen atoms in total. The van der Waals surface area contributed by atoms with Gasteiger partial charge in [0.05, 0.1) is 37.0 Å². The van der Waals surface area contributed by atoms with Gasteiger partial charge in [-0.15, -0.1) is 0 Å². The van der Waals surface area contributed by atoms with Crippen molar-refractivity contribution in [3.05, 3.63) is 0 Å². The lowest BCUT2D eigenvalue weighted by molar-refractivity contribution is 0.0428. The molecule has 1 saturated heterocycles. The van der Waals surface area contributed by atoms with Crippen molar-refractivity contribution < 1.29 is 26.6 Å². The lowest BCUT2D eigenvalue weighted by Crippen LogP contribution is -2.77. The maximum absolute atomic E-state index is 7.06. The van der Waals surface area contributed by atoms with Gasteiger partial charge >= 0.3 is 25.7 Å². The van der Waals surface area contributed by atoms with E-state index in [0.29, 0.717) is 18.7 Å². The lowest BCUT2D eigenvalue weighted by Gasteiger charge is -2.56. The third kappa shape index (κ3) is 7.21. The zero-order valence-electron chi connectivity index (χ0n) is 21.5. The monoisotopic (exact) mass is 480 g/mol. The van der Waals surface area contributed by atoms with Crippen LogP contribution in [0, 0.1) is 0 Å². The molecule has 0 unspecified atom stereocenters. The summed E-state index contributed by atoms with van der Waals surface area (Å²) in [5.74, 6) is 0. The molecule has 0 atom stereocenters. The Morgan fingerprint density at radius 2 is 0.633 bits per heavy atom. The second kappa shape index (κ2) is 11.5. The van der Waals surface area contributed by atoms with Crippen molar-refractivity contribution >= 4 is 25.7 Å². The van der Waals surface area contributed by atoms with Crippen molar-refractivity contribution in [3.8, 4) is 0 Å². The van der Waals surface area contributed by atoms with E-state index in [-0.39, 0.29) is 34.9 Å². The SMILES string of the molecule is CC(C)OC[Si]1(C(C)C)O[Si](COC(C)C)(C(C)C)O[Si](COC(C)C)(C(C)C)O1. The zero-order chi connectivity index (χ0) is 23.3. The van der Waals surface area contributed by atoms with Gasteiger partial charge in [-0.3, -0.25) is 0 Å². The molecule has 1 heterocycles. The van der Waals surface area contributed by atoms with E-state index in [1.807, 2.05) is 0 Å². The van der Waals surface area contributed by atoms with Crippen molar-refractivity contribution in [2.75, 3.05) is 18.7 Å². The van der Waals surface area contributed by atoms with Crippen LogP contribution < -0.4 is 0 Å². The summed E-state index contributed by atoms with van der Waals surface area (Å²) in [6.45, 7) is 25.6. The molecule has 1 aliphatic heterocycles. The summed E-state index contributed by atoms with van der Waals surface area (Å²) in [5.41, 5.74) is 0.693. The van der Waals surface area contributed by atoms with Gasteiger partial charge in [-0.2, -0.15) is 0 Å². The molecule has 0 spiro atoms. The van der Waals surface area contributed by atoms with Gasteiger partial charge in [0.15, 0.2) is 0 Å². The Labute approximate surface area is 189 Å². The maximum atomic E-state index is 7.06. The Morgan fingerprint density at radius 1 is 0.433 bits per heavy atom. The summed E-state index contributed by atoms with van der Waals surface area (Å²) >= 11 is 0. The van der Waals surface area contributed by atoms with Crippen LogP contribution in [-0.4, -0.2) is 62.7 Å². The topological polar surface area (TPSA) is 55.4 Å². The molecule has 0 aliphatic carbocycles. The highest BCUT2D eigenvalue weighted by Crippen LogP contribution is 2.45. The molecular formula is C21H48O6Si3. The van der Waals surface area contributed by atoms with Crippen molar-refractivity contribution in [2.45, 2.75) is 118 Å². The first-order valence-corrected chi connectivity index (χ1v) is 18.0. The predicted octanol–water partition coefficient (Wildman–Crippen LogP) is 5.50. The van der Waals surface area contributed by atoms with Crippen molar-refractivity contribution in [2.24, 2.45) is 0 Å². The third-order valence-corrected chi connectivity index (χ3v) is 20.8. The van der Waals surface area contributed by atoms with Crippen LogP contribution in [0.4, 0.5) is 0 Å². The van der Waals surface area contributed by atoms with Crippen LogP contribution in [0.3, 0.4) is 0 Å². The van der Waals surface area contributed by atoms with E-state index >= 15 is 0 Å². The van der Waals surface area contributed by atoms with Gasteiger partial charge in [0.1, 0.15) is 0 Å². The zero-order valence-corrected chi connectivity index (χ0v) is 24.5. The first-order chi connectivity index (χ1) is 13.7. The van der Waals surface area contributed by atoms with Gasteiger partial charge in [-0.25, -0.2) is 0 Å². The minimum absolute atomic E-state index is 0.118. The normalized spacial score (nSPS) is 30.6. The van der Waals surface area contributed by atoms with Crippen LogP contribution >= 0.6 is 0 Å². The standard InChI is InChI=1S/C21H48O6Si3/c1-16(2)22-13-28(19(7)8)25-29(20(9)10,14-23-17(3)4)27-30(26-28,21(11)12)15-24-18(5)6/h16-21H,13-15H2,1-12H3. The number of hydrogen-bond donors (Lipinski definition) is 0. The number of rotatable bonds is 12. The maximum Gasteiger partial charge on any atom is 0.350 e. The fraction of sp³-hybridized carbons (Fsp3) is 1.00. The average molecular weight is 481 g/mol. The van der Waals surface area contributed by atoms with E-state index in [9.17, 15) is 0 Å². The predicted molar refractivity (Wildman–Crippen MR) is 129 cm³/mol. The fourth-order valence-electron chi connectivity index (χ4n) is 3.17. The third-order valence-electron chi connectivity index (χ3n) is 5.53. The Morgan fingerprint density at radius 3 is 0.767 bits per heavy atom. The van der Waals surface area contributed by atoms with Crippen molar-refractivity contribution in [3.63, 3.8) is 0 Å². The molecule has 180 valence electrons. The molecule has 0 aromatic rings. The van der Waals surface area contributed by atoms with Gasteiger partial charge in [0.2, 0.25) is 0 Å². The first-order valence-electron chi connectivity index (χ1n) is 11.7. The largest absolute Gasteiger partial charge is 0.412 e. The number of hydrogen-bond acceptors (Lipinski definition) is 6. The second-order valence-electron chi connectivity index (χ2n) is 10.3. The molecule has 0 N–H and O–H groups in total. The fourth-order valence-corrected chi connectivity index (χ4v) is 21.6. The summed E-state index contributed by atoms with van der Waals surface area (Å²) in [6, 6.07) is 0. The smallest absolute Gasteiger partial charge is 0.350 e. The molecule has 30 heavy (non-hydrogen) atoms. The Kier molecular flexibility index (Phi) is 10.9. The molecule has 0 amide bonds. The van der Waals surface area contributed by atoms with Crippen LogP contribution in [0.5, 0.6) is 0 Å². The molecule has 0 aromatic heterocycles. The lowest BCUT2D eigenvalue weighted by atomic mass is 10.5. The first kappa shape index (κ1) is 28.4. The number of ether oxygens (including phenoxy) is 3. The van der Waals surface area contributed by atoms with E-state index in [1.54, 1.807) is 0 Å². The summed E-state index contributed by atoms with van der Waals surface area (Å²) < 4.78 is 39.7. The van der Waals surface area contributed by atoms with Crippen LogP contribution in [0.1, 0.15) is 83.1 Å². The van der Waals surface area contributed by atoms with Crippen LogP contribution in [0.15, 0.2) is 0 Å². The van der Waals surface area contributed by atoms with Crippen LogP contribution in [0.25, 0.3) is 0 Å². The highest BCUT2D eigenvalue weighted by molar-refractivity contribution is 6.95. The van der Waals surface area contributed by atoms with E-state index in [1.165, 1.54) is 0 Å². The molecular weight excluding hydrogens is 432 g/mol. The quantitative estimate of drug-likeness (QED) is 0.344. The van der Waals surface area contributed by atoms with Gasteiger partial charge in [-0.05, 0) is 58.2 Å². The molecule has 1 aliphatic rings. The van der Waals surface area contributed by atoms with Crippen LogP contribution in [0.2, 0.25) is 16.6 Å². The average Bonchev–Trinajstić information content (AvgIpc) is 2.62. The molecule has 9 heteroatoms. The van der Waals surface area contributed by atoms with Crippen molar-refractivity contribution in [1.82, 2.24) is 0 Å². The molecule has 1 fully saturated rings. The second-order valence-corrected chi connectivity index (χ2v) is 21.9. The minimum atomic E-state index is -2.75. The molecule has 0 bridgehead atoms. The highest BCUT2D eigenvalue weighted by Gasteiger charge is 2.66. The summed E-state index contributed by atoms with van der Waals surface area (Å²) in [5, 5.41) is 0. The molecule has 0 radical (unpaired) electrons. The molecule has 1 rings (SSSR count). The van der Waals surface area contributed by atoms with Gasteiger partial charge < -0.3 is 26.6 Å². The minimum Gasteiger partial charge on any atom is -0.412 e. The van der Waals surface area contributed by atoms with Gasteiger partial charge in [0.25, 0.3) is 0 Å². The Balaban J connectivity index is 3.53. The van der Waals surface area contributed by atoms with Crippen LogP contribution in [-0.2, 0) is 26.6 Å². The van der Waals surface area contributed by atoms with Gasteiger partial charge in [-0.1, -0.05) is 41.5 Å². The van der Waals surface area contributed by atoms with E-state index in [0.717, 1.165) is 0 Å².